The van der Waals surface area contributed by atoms with Gasteiger partial charge in [0.2, 0.25) is 0 Å². The van der Waals surface area contributed by atoms with Gasteiger partial charge in [0.15, 0.2) is 6.29 Å². The molecule has 1 aliphatic heterocycles. The van der Waals surface area contributed by atoms with E-state index in [2.05, 4.69) is 0 Å². The lowest BCUT2D eigenvalue weighted by Crippen LogP contribution is -2.33. The van der Waals surface area contributed by atoms with Gasteiger partial charge in [-0.1, -0.05) is 19.3 Å². The van der Waals surface area contributed by atoms with Crippen LogP contribution in [0, 0.1) is 5.92 Å². The van der Waals surface area contributed by atoms with Gasteiger partial charge in [-0.15, -0.1) is 0 Å². The molecule has 3 nitrogen and oxygen atoms in total. The average Bonchev–Trinajstić information content (AvgIpc) is 3.04. The highest BCUT2D eigenvalue weighted by Gasteiger charge is 2.44. The van der Waals surface area contributed by atoms with E-state index in [-0.39, 0.29) is 29.8 Å². The minimum Gasteiger partial charge on any atom is -0.342 e. The van der Waals surface area contributed by atoms with Crippen LogP contribution in [0.4, 0.5) is 26.3 Å². The Labute approximate surface area is 164 Å². The summed E-state index contributed by atoms with van der Waals surface area (Å²) in [6.45, 7) is 1.36. The van der Waals surface area contributed by atoms with E-state index in [4.69, 9.17) is 9.47 Å². The molecule has 1 saturated heterocycles. The molecule has 1 heterocycles. The first-order chi connectivity index (χ1) is 13.4. The monoisotopic (exact) mass is 424 g/mol. The minimum atomic E-state index is -4.95. The number of benzene rings is 1. The molecule has 162 valence electrons. The molecule has 0 bridgehead atoms. The van der Waals surface area contributed by atoms with Crippen LogP contribution in [0.5, 0.6) is 0 Å². The maximum atomic E-state index is 13.1. The zero-order valence-electron chi connectivity index (χ0n) is 15.8. The number of hydrogen-bond acceptors (Lipinski definition) is 3. The lowest BCUT2D eigenvalue weighted by atomic mass is 9.82. The van der Waals surface area contributed by atoms with Crippen molar-refractivity contribution in [3.05, 3.63) is 34.9 Å². The second-order valence-electron chi connectivity index (χ2n) is 7.75. The van der Waals surface area contributed by atoms with Crippen LogP contribution < -0.4 is 0 Å². The highest BCUT2D eigenvalue weighted by atomic mass is 19.4. The van der Waals surface area contributed by atoms with Gasteiger partial charge < -0.3 is 9.47 Å². The van der Waals surface area contributed by atoms with Crippen LogP contribution in [0.25, 0.3) is 0 Å². The van der Waals surface area contributed by atoms with Crippen LogP contribution in [-0.2, 0) is 26.6 Å². The van der Waals surface area contributed by atoms with Crippen molar-refractivity contribution in [3.63, 3.8) is 0 Å². The molecule has 2 fully saturated rings. The SMILES string of the molecule is CC(=O)C[C@@H]1OC(c2cc(C(F)(F)F)cc(C(F)(F)F)c2)O[C@H]1C1CCCCC1. The standard InChI is InChI=1S/C20H22F6O3/c1-11(27)7-16-17(12-5-3-2-4-6-12)29-18(28-16)13-8-14(19(21,22)23)10-15(9-13)20(24,25)26/h8-10,12,16-18H,2-7H2,1H3/t16-,17-,18?/m0/s1. The van der Waals surface area contributed by atoms with E-state index in [0.29, 0.717) is 12.1 Å². The number of hydrogen-bond donors (Lipinski definition) is 0. The van der Waals surface area contributed by atoms with Gasteiger partial charge in [0, 0.05) is 12.0 Å². The normalized spacial score (nSPS) is 26.7. The summed E-state index contributed by atoms with van der Waals surface area (Å²) in [5.74, 6) is -0.119. The van der Waals surface area contributed by atoms with Gasteiger partial charge >= 0.3 is 12.4 Å². The first-order valence-electron chi connectivity index (χ1n) is 9.55. The number of rotatable bonds is 4. The Morgan fingerprint density at radius 1 is 0.931 bits per heavy atom. The largest absolute Gasteiger partial charge is 0.416 e. The molecule has 1 aromatic carbocycles. The summed E-state index contributed by atoms with van der Waals surface area (Å²) >= 11 is 0. The Hall–Kier alpha value is -1.61. The van der Waals surface area contributed by atoms with Crippen molar-refractivity contribution in [1.29, 1.82) is 0 Å². The van der Waals surface area contributed by atoms with Gasteiger partial charge in [0.25, 0.3) is 0 Å². The summed E-state index contributed by atoms with van der Waals surface area (Å²) in [5.41, 5.74) is -3.18. The van der Waals surface area contributed by atoms with Crippen molar-refractivity contribution < 1.29 is 40.6 Å². The summed E-state index contributed by atoms with van der Waals surface area (Å²) < 4.78 is 90.4. The third-order valence-corrected chi connectivity index (χ3v) is 5.43. The summed E-state index contributed by atoms with van der Waals surface area (Å²) in [5, 5.41) is 0. The Morgan fingerprint density at radius 3 is 1.97 bits per heavy atom. The molecule has 29 heavy (non-hydrogen) atoms. The quantitative estimate of drug-likeness (QED) is 0.551. The lowest BCUT2D eigenvalue weighted by molar-refractivity contribution is -0.143. The van der Waals surface area contributed by atoms with Gasteiger partial charge in [0.05, 0.1) is 23.3 Å². The van der Waals surface area contributed by atoms with Gasteiger partial charge in [-0.05, 0) is 43.9 Å². The highest BCUT2D eigenvalue weighted by molar-refractivity contribution is 5.76. The van der Waals surface area contributed by atoms with Crippen LogP contribution in [0.1, 0.15) is 68.4 Å². The van der Waals surface area contributed by atoms with Crippen molar-refractivity contribution >= 4 is 5.78 Å². The molecule has 3 atom stereocenters. The first-order valence-corrected chi connectivity index (χ1v) is 9.55. The van der Waals surface area contributed by atoms with Crippen LogP contribution in [0.15, 0.2) is 18.2 Å². The topological polar surface area (TPSA) is 35.5 Å². The zero-order valence-corrected chi connectivity index (χ0v) is 15.8. The molecule has 9 heteroatoms. The molecule has 0 aromatic heterocycles. The third kappa shape index (κ3) is 5.31. The minimum absolute atomic E-state index is 0.00273. The Balaban J connectivity index is 1.93. The molecule has 0 radical (unpaired) electrons. The summed E-state index contributed by atoms with van der Waals surface area (Å²) in [7, 11) is 0. The van der Waals surface area contributed by atoms with Crippen LogP contribution in [-0.4, -0.2) is 18.0 Å². The molecule has 3 rings (SSSR count). The maximum absolute atomic E-state index is 13.1. The third-order valence-electron chi connectivity index (χ3n) is 5.43. The fourth-order valence-corrected chi connectivity index (χ4v) is 4.10. The number of carbonyl (C=O) groups excluding carboxylic acids is 1. The van der Waals surface area contributed by atoms with Gasteiger partial charge in [-0.3, -0.25) is 4.79 Å². The van der Waals surface area contributed by atoms with Gasteiger partial charge in [0.1, 0.15) is 5.78 Å². The first kappa shape index (κ1) is 22.1. The van der Waals surface area contributed by atoms with Gasteiger partial charge in [-0.2, -0.15) is 26.3 Å². The molecule has 0 spiro atoms. The van der Waals surface area contributed by atoms with Gasteiger partial charge in [-0.25, -0.2) is 0 Å². The van der Waals surface area contributed by atoms with E-state index in [9.17, 15) is 31.1 Å². The fourth-order valence-electron chi connectivity index (χ4n) is 4.10. The van der Waals surface area contributed by atoms with Crippen molar-refractivity contribution in [1.82, 2.24) is 0 Å². The molecular formula is C20H22F6O3. The number of halogens is 6. The molecule has 1 aromatic rings. The number of carbonyl (C=O) groups is 1. The Bertz CT molecular complexity index is 704. The smallest absolute Gasteiger partial charge is 0.342 e. The number of Topliss-reactive ketones (excluding diaryl/α,β-unsaturated/α-hetero) is 1. The second-order valence-corrected chi connectivity index (χ2v) is 7.75. The lowest BCUT2D eigenvalue weighted by Gasteiger charge is -2.29. The zero-order chi connectivity index (χ0) is 21.4. The van der Waals surface area contributed by atoms with E-state index in [1.54, 1.807) is 0 Å². The Kier molecular flexibility index (Phi) is 6.29. The number of ether oxygens (including phenoxy) is 2. The van der Waals surface area contributed by atoms with E-state index in [0.717, 1.165) is 32.1 Å². The van der Waals surface area contributed by atoms with E-state index in [1.807, 2.05) is 0 Å². The molecule has 0 N–H and O–H groups in total. The summed E-state index contributed by atoms with van der Waals surface area (Å²) in [6, 6.07) is 1.31. The fraction of sp³-hybridized carbons (Fsp3) is 0.650. The molecule has 1 unspecified atom stereocenters. The van der Waals surface area contributed by atoms with Crippen LogP contribution in [0.3, 0.4) is 0 Å². The molecule has 0 amide bonds. The average molecular weight is 424 g/mol. The molecule has 1 aliphatic carbocycles. The highest BCUT2D eigenvalue weighted by Crippen LogP contribution is 2.43. The molecular weight excluding hydrogens is 402 g/mol. The van der Waals surface area contributed by atoms with Crippen molar-refractivity contribution in [2.45, 2.75) is 76.3 Å². The van der Waals surface area contributed by atoms with E-state index in [1.165, 1.54) is 6.92 Å². The predicted octanol–water partition coefficient (Wildman–Crippen LogP) is 6.07. The summed E-state index contributed by atoms with van der Waals surface area (Å²) in [6.07, 6.45) is -7.86. The predicted molar refractivity (Wildman–Crippen MR) is 90.8 cm³/mol. The molecule has 2 aliphatic rings. The van der Waals surface area contributed by atoms with E-state index < -0.39 is 42.0 Å². The number of alkyl halides is 6. The van der Waals surface area contributed by atoms with E-state index >= 15 is 0 Å². The summed E-state index contributed by atoms with van der Waals surface area (Å²) in [4.78, 5) is 11.6. The van der Waals surface area contributed by atoms with Crippen molar-refractivity contribution in [3.8, 4) is 0 Å². The van der Waals surface area contributed by atoms with Crippen LogP contribution >= 0.6 is 0 Å². The maximum Gasteiger partial charge on any atom is 0.416 e. The van der Waals surface area contributed by atoms with Crippen molar-refractivity contribution in [2.75, 3.05) is 0 Å². The van der Waals surface area contributed by atoms with Crippen molar-refractivity contribution in [2.24, 2.45) is 5.92 Å². The second kappa shape index (κ2) is 8.26. The molecule has 1 saturated carbocycles. The Morgan fingerprint density at radius 2 is 1.48 bits per heavy atom. The van der Waals surface area contributed by atoms with Crippen LogP contribution in [0.2, 0.25) is 0 Å². The number of ketones is 1.